The molecule has 0 bridgehead atoms. The van der Waals surface area contributed by atoms with Gasteiger partial charge in [-0.1, -0.05) is 34.1 Å². The van der Waals surface area contributed by atoms with Gasteiger partial charge in [-0.15, -0.1) is 0 Å². The first-order chi connectivity index (χ1) is 7.59. The lowest BCUT2D eigenvalue weighted by Gasteiger charge is -2.12. The van der Waals surface area contributed by atoms with Gasteiger partial charge < -0.3 is 10.2 Å². The van der Waals surface area contributed by atoms with Crippen LogP contribution in [-0.4, -0.2) is 0 Å². The monoisotopic (exact) mass is 343 g/mol. The van der Waals surface area contributed by atoms with E-state index in [1.165, 1.54) is 5.56 Å². The number of nitrogens with two attached hydrogens (primary N) is 1. The molecule has 0 amide bonds. The SMILES string of the molecule is Cc1cccc(C(N)c2ccc(Br)o2)c1Br. The smallest absolute Gasteiger partial charge is 0.169 e. The maximum atomic E-state index is 6.15. The summed E-state index contributed by atoms with van der Waals surface area (Å²) < 4.78 is 7.20. The molecule has 0 spiro atoms. The predicted molar refractivity (Wildman–Crippen MR) is 71.3 cm³/mol. The van der Waals surface area contributed by atoms with E-state index in [2.05, 4.69) is 31.9 Å². The van der Waals surface area contributed by atoms with E-state index in [0.29, 0.717) is 4.67 Å². The first kappa shape index (κ1) is 11.9. The van der Waals surface area contributed by atoms with Crippen molar-refractivity contribution in [1.82, 2.24) is 0 Å². The number of hydrogen-bond acceptors (Lipinski definition) is 2. The Bertz CT molecular complexity index is 507. The quantitative estimate of drug-likeness (QED) is 0.888. The molecule has 0 saturated carbocycles. The molecule has 0 fully saturated rings. The second-order valence-corrected chi connectivity index (χ2v) is 5.17. The van der Waals surface area contributed by atoms with Gasteiger partial charge in [0.1, 0.15) is 5.76 Å². The standard InChI is InChI=1S/C12H11Br2NO/c1-7-3-2-4-8(11(7)14)12(15)9-5-6-10(13)16-9/h2-6,12H,15H2,1H3. The lowest BCUT2D eigenvalue weighted by Crippen LogP contribution is -2.11. The molecule has 0 saturated heterocycles. The zero-order valence-corrected chi connectivity index (χ0v) is 11.9. The van der Waals surface area contributed by atoms with Crippen LogP contribution in [0.1, 0.15) is 22.9 Å². The molecule has 1 atom stereocenters. The lowest BCUT2D eigenvalue weighted by atomic mass is 10.0. The third-order valence-electron chi connectivity index (χ3n) is 2.46. The molecule has 0 aliphatic carbocycles. The Kier molecular flexibility index (Phi) is 3.52. The van der Waals surface area contributed by atoms with Crippen LogP contribution >= 0.6 is 31.9 Å². The molecule has 0 aliphatic heterocycles. The maximum Gasteiger partial charge on any atom is 0.169 e. The van der Waals surface area contributed by atoms with Crippen LogP contribution in [0.25, 0.3) is 0 Å². The van der Waals surface area contributed by atoms with Crippen LogP contribution in [0.3, 0.4) is 0 Å². The third kappa shape index (κ3) is 2.24. The summed E-state index contributed by atoms with van der Waals surface area (Å²) in [7, 11) is 0. The minimum absolute atomic E-state index is 0.249. The van der Waals surface area contributed by atoms with Crippen molar-refractivity contribution in [3.05, 3.63) is 56.4 Å². The Balaban J connectivity index is 2.41. The molecule has 1 heterocycles. The number of halogens is 2. The molecule has 1 aromatic heterocycles. The normalized spacial score (nSPS) is 12.8. The Morgan fingerprint density at radius 3 is 2.56 bits per heavy atom. The molecular formula is C12H11Br2NO. The van der Waals surface area contributed by atoms with Crippen molar-refractivity contribution in [1.29, 1.82) is 0 Å². The minimum atomic E-state index is -0.249. The van der Waals surface area contributed by atoms with Crippen LogP contribution in [-0.2, 0) is 0 Å². The number of furan rings is 1. The summed E-state index contributed by atoms with van der Waals surface area (Å²) >= 11 is 6.82. The van der Waals surface area contributed by atoms with Crippen molar-refractivity contribution in [2.75, 3.05) is 0 Å². The average Bonchev–Trinajstić information content (AvgIpc) is 2.68. The molecule has 0 aliphatic rings. The van der Waals surface area contributed by atoms with E-state index >= 15 is 0 Å². The summed E-state index contributed by atoms with van der Waals surface area (Å²) in [6.07, 6.45) is 0. The van der Waals surface area contributed by atoms with E-state index in [9.17, 15) is 0 Å². The van der Waals surface area contributed by atoms with E-state index in [-0.39, 0.29) is 6.04 Å². The summed E-state index contributed by atoms with van der Waals surface area (Å²) in [5.74, 6) is 0.748. The van der Waals surface area contributed by atoms with Gasteiger partial charge in [-0.05, 0) is 46.1 Å². The fraction of sp³-hybridized carbons (Fsp3) is 0.167. The molecule has 2 N–H and O–H groups in total. The molecule has 84 valence electrons. The van der Waals surface area contributed by atoms with Crippen molar-refractivity contribution >= 4 is 31.9 Å². The van der Waals surface area contributed by atoms with E-state index in [0.717, 1.165) is 15.8 Å². The molecular weight excluding hydrogens is 334 g/mol. The van der Waals surface area contributed by atoms with Gasteiger partial charge in [0.15, 0.2) is 4.67 Å². The second kappa shape index (κ2) is 4.73. The highest BCUT2D eigenvalue weighted by atomic mass is 79.9. The number of benzene rings is 1. The summed E-state index contributed by atoms with van der Waals surface area (Å²) in [6, 6.07) is 9.51. The third-order valence-corrected chi connectivity index (χ3v) is 3.97. The first-order valence-corrected chi connectivity index (χ1v) is 6.44. The molecule has 2 aromatic rings. The fourth-order valence-corrected chi connectivity index (χ4v) is 2.39. The predicted octanol–water partition coefficient (Wildman–Crippen LogP) is 4.16. The van der Waals surface area contributed by atoms with Gasteiger partial charge in [0, 0.05) is 4.47 Å². The summed E-state index contributed by atoms with van der Waals surface area (Å²) in [5.41, 5.74) is 8.35. The van der Waals surface area contributed by atoms with Gasteiger partial charge in [0.05, 0.1) is 6.04 Å². The van der Waals surface area contributed by atoms with E-state index in [4.69, 9.17) is 10.2 Å². The van der Waals surface area contributed by atoms with Crippen molar-refractivity contribution in [3.8, 4) is 0 Å². The number of rotatable bonds is 2. The van der Waals surface area contributed by atoms with Crippen molar-refractivity contribution in [2.45, 2.75) is 13.0 Å². The van der Waals surface area contributed by atoms with Crippen molar-refractivity contribution < 1.29 is 4.42 Å². The summed E-state index contributed by atoms with van der Waals surface area (Å²) in [5, 5.41) is 0. The van der Waals surface area contributed by atoms with Crippen molar-refractivity contribution in [2.24, 2.45) is 5.73 Å². The molecule has 2 nitrogen and oxygen atoms in total. The lowest BCUT2D eigenvalue weighted by molar-refractivity contribution is 0.470. The summed E-state index contributed by atoms with van der Waals surface area (Å²) in [4.78, 5) is 0. The highest BCUT2D eigenvalue weighted by Crippen LogP contribution is 2.30. The van der Waals surface area contributed by atoms with Crippen LogP contribution in [0.2, 0.25) is 0 Å². The van der Waals surface area contributed by atoms with Crippen LogP contribution in [0.4, 0.5) is 0 Å². The highest BCUT2D eigenvalue weighted by molar-refractivity contribution is 9.10. The summed E-state index contributed by atoms with van der Waals surface area (Å²) in [6.45, 7) is 2.04. The first-order valence-electron chi connectivity index (χ1n) is 4.85. The zero-order valence-electron chi connectivity index (χ0n) is 8.71. The van der Waals surface area contributed by atoms with E-state index in [1.54, 1.807) is 0 Å². The molecule has 1 unspecified atom stereocenters. The maximum absolute atomic E-state index is 6.15. The van der Waals surface area contributed by atoms with Crippen LogP contribution in [0, 0.1) is 6.92 Å². The highest BCUT2D eigenvalue weighted by Gasteiger charge is 2.16. The second-order valence-electron chi connectivity index (χ2n) is 3.60. The average molecular weight is 345 g/mol. The van der Waals surface area contributed by atoms with Crippen molar-refractivity contribution in [3.63, 3.8) is 0 Å². The Morgan fingerprint density at radius 1 is 1.19 bits per heavy atom. The largest absolute Gasteiger partial charge is 0.452 e. The van der Waals surface area contributed by atoms with E-state index in [1.807, 2.05) is 37.3 Å². The Labute approximate surface area is 111 Å². The van der Waals surface area contributed by atoms with Gasteiger partial charge in [-0.3, -0.25) is 0 Å². The zero-order chi connectivity index (χ0) is 11.7. The minimum Gasteiger partial charge on any atom is -0.452 e. The van der Waals surface area contributed by atoms with Gasteiger partial charge in [-0.25, -0.2) is 0 Å². The topological polar surface area (TPSA) is 39.2 Å². The molecule has 2 rings (SSSR count). The van der Waals surface area contributed by atoms with Gasteiger partial charge in [0.25, 0.3) is 0 Å². The van der Waals surface area contributed by atoms with Gasteiger partial charge in [0.2, 0.25) is 0 Å². The molecule has 4 heteroatoms. The molecule has 0 radical (unpaired) electrons. The van der Waals surface area contributed by atoms with E-state index < -0.39 is 0 Å². The molecule has 16 heavy (non-hydrogen) atoms. The number of aryl methyl sites for hydroxylation is 1. The van der Waals surface area contributed by atoms with Crippen LogP contribution < -0.4 is 5.73 Å². The fourth-order valence-electron chi connectivity index (χ4n) is 1.56. The van der Waals surface area contributed by atoms with Crippen LogP contribution in [0.5, 0.6) is 0 Å². The Morgan fingerprint density at radius 2 is 1.94 bits per heavy atom. The molecule has 1 aromatic carbocycles. The Hall–Kier alpha value is -0.580. The van der Waals surface area contributed by atoms with Gasteiger partial charge in [-0.2, -0.15) is 0 Å². The van der Waals surface area contributed by atoms with Crippen LogP contribution in [0.15, 0.2) is 43.9 Å². The van der Waals surface area contributed by atoms with Gasteiger partial charge >= 0.3 is 0 Å². The number of hydrogen-bond donors (Lipinski definition) is 1.